The molecule has 1 heterocycles. The van der Waals surface area contributed by atoms with Gasteiger partial charge in [0.2, 0.25) is 0 Å². The molecule has 5 nitrogen and oxygen atoms in total. The summed E-state index contributed by atoms with van der Waals surface area (Å²) in [6.07, 6.45) is -0.679. The van der Waals surface area contributed by atoms with Gasteiger partial charge in [0, 0.05) is 13.5 Å². The van der Waals surface area contributed by atoms with E-state index in [2.05, 4.69) is 0 Å². The van der Waals surface area contributed by atoms with E-state index in [1.807, 2.05) is 19.1 Å². The third-order valence-corrected chi connectivity index (χ3v) is 3.37. The number of ether oxygens (including phenoxy) is 3. The average Bonchev–Trinajstić information content (AvgIpc) is 2.71. The normalized spacial score (nSPS) is 29.4. The Bertz CT molecular complexity index is 466. The summed E-state index contributed by atoms with van der Waals surface area (Å²) in [7, 11) is 1.47. The smallest absolute Gasteiger partial charge is 0.338 e. The molecule has 2 rings (SSSR count). The van der Waals surface area contributed by atoms with Crippen molar-refractivity contribution < 1.29 is 24.1 Å². The highest BCUT2D eigenvalue weighted by Gasteiger charge is 2.44. The fourth-order valence-corrected chi connectivity index (χ4v) is 2.28. The molecule has 1 N–H and O–H groups in total. The lowest BCUT2D eigenvalue weighted by molar-refractivity contribution is -0.183. The number of carbonyl (C=O) groups excluding carboxylic acids is 1. The number of esters is 1. The molecule has 1 aromatic carbocycles. The molecule has 0 aliphatic carbocycles. The predicted molar refractivity (Wildman–Crippen MR) is 72.4 cm³/mol. The lowest BCUT2D eigenvalue weighted by atomic mass is 10.0. The Balaban J connectivity index is 1.87. The minimum atomic E-state index is -1.06. The molecular weight excluding hydrogens is 260 g/mol. The molecule has 1 aromatic rings. The lowest BCUT2D eigenvalue weighted by Crippen LogP contribution is -2.35. The summed E-state index contributed by atoms with van der Waals surface area (Å²) in [6.45, 7) is 3.69. The number of hydrogen-bond donors (Lipinski definition) is 1. The summed E-state index contributed by atoms with van der Waals surface area (Å²) in [5.74, 6) is -0.394. The minimum absolute atomic E-state index is 0.0999. The van der Waals surface area contributed by atoms with E-state index in [1.54, 1.807) is 19.1 Å². The number of carbonyl (C=O) groups is 1. The van der Waals surface area contributed by atoms with Crippen molar-refractivity contribution in [2.24, 2.45) is 0 Å². The third kappa shape index (κ3) is 3.36. The second-order valence-corrected chi connectivity index (χ2v) is 5.35. The molecule has 0 spiro atoms. The zero-order chi connectivity index (χ0) is 14.8. The molecule has 0 saturated carbocycles. The Labute approximate surface area is 118 Å². The summed E-state index contributed by atoms with van der Waals surface area (Å²) in [5.41, 5.74) is 0.527. The number of rotatable bonds is 4. The van der Waals surface area contributed by atoms with E-state index in [1.165, 1.54) is 7.11 Å². The van der Waals surface area contributed by atoms with Crippen molar-refractivity contribution >= 4 is 5.97 Å². The van der Waals surface area contributed by atoms with Gasteiger partial charge in [0.1, 0.15) is 12.2 Å². The van der Waals surface area contributed by atoms with E-state index in [0.29, 0.717) is 12.0 Å². The van der Waals surface area contributed by atoms with Crippen LogP contribution in [-0.4, -0.2) is 42.8 Å². The van der Waals surface area contributed by atoms with Gasteiger partial charge in [0.05, 0.1) is 11.7 Å². The van der Waals surface area contributed by atoms with Crippen LogP contribution in [0.2, 0.25) is 0 Å². The fraction of sp³-hybridized carbons (Fsp3) is 0.533. The first-order valence-corrected chi connectivity index (χ1v) is 6.57. The predicted octanol–water partition coefficient (Wildman–Crippen LogP) is 1.66. The van der Waals surface area contributed by atoms with Crippen LogP contribution in [0.25, 0.3) is 0 Å². The van der Waals surface area contributed by atoms with Crippen molar-refractivity contribution in [1.29, 1.82) is 0 Å². The number of methoxy groups -OCH3 is 1. The maximum Gasteiger partial charge on any atom is 0.338 e. The van der Waals surface area contributed by atoms with Crippen molar-refractivity contribution in [3.8, 4) is 0 Å². The van der Waals surface area contributed by atoms with Crippen LogP contribution >= 0.6 is 0 Å². The highest BCUT2D eigenvalue weighted by Crippen LogP contribution is 2.30. The van der Waals surface area contributed by atoms with Crippen molar-refractivity contribution in [2.75, 3.05) is 13.7 Å². The van der Waals surface area contributed by atoms with Crippen LogP contribution in [-0.2, 0) is 14.2 Å². The second kappa shape index (κ2) is 5.91. The molecule has 110 valence electrons. The number of aryl methyl sites for hydroxylation is 1. The SMILES string of the molecule is COC1O[C@H](COC(=O)c2ccc(C)cc2)C[C@@]1(C)O. The van der Waals surface area contributed by atoms with E-state index in [4.69, 9.17) is 14.2 Å². The van der Waals surface area contributed by atoms with Crippen LogP contribution < -0.4 is 0 Å². The van der Waals surface area contributed by atoms with Crippen LogP contribution in [0, 0.1) is 6.92 Å². The summed E-state index contributed by atoms with van der Waals surface area (Å²) < 4.78 is 15.7. The monoisotopic (exact) mass is 280 g/mol. The lowest BCUT2D eigenvalue weighted by Gasteiger charge is -2.21. The number of benzene rings is 1. The van der Waals surface area contributed by atoms with Crippen molar-refractivity contribution in [3.05, 3.63) is 35.4 Å². The van der Waals surface area contributed by atoms with Gasteiger partial charge < -0.3 is 19.3 Å². The highest BCUT2D eigenvalue weighted by atomic mass is 16.7. The molecule has 0 aromatic heterocycles. The Morgan fingerprint density at radius 1 is 1.45 bits per heavy atom. The molecule has 20 heavy (non-hydrogen) atoms. The second-order valence-electron chi connectivity index (χ2n) is 5.35. The summed E-state index contributed by atoms with van der Waals surface area (Å²) in [6, 6.07) is 7.16. The molecule has 1 aliphatic rings. The van der Waals surface area contributed by atoms with Crippen LogP contribution in [0.1, 0.15) is 29.3 Å². The highest BCUT2D eigenvalue weighted by molar-refractivity contribution is 5.89. The molecule has 3 atom stereocenters. The molecule has 1 aliphatic heterocycles. The Hall–Kier alpha value is -1.43. The topological polar surface area (TPSA) is 65.0 Å². The molecule has 1 saturated heterocycles. The molecular formula is C15H20O5. The van der Waals surface area contributed by atoms with Crippen LogP contribution in [0.15, 0.2) is 24.3 Å². The Morgan fingerprint density at radius 2 is 2.10 bits per heavy atom. The fourth-order valence-electron chi connectivity index (χ4n) is 2.28. The van der Waals surface area contributed by atoms with E-state index in [9.17, 15) is 9.90 Å². The van der Waals surface area contributed by atoms with Crippen molar-refractivity contribution in [1.82, 2.24) is 0 Å². The van der Waals surface area contributed by atoms with E-state index < -0.39 is 17.9 Å². The van der Waals surface area contributed by atoms with Crippen LogP contribution in [0.3, 0.4) is 0 Å². The molecule has 0 radical (unpaired) electrons. The molecule has 0 amide bonds. The number of aliphatic hydroxyl groups is 1. The van der Waals surface area contributed by atoms with Crippen molar-refractivity contribution in [3.63, 3.8) is 0 Å². The largest absolute Gasteiger partial charge is 0.459 e. The van der Waals surface area contributed by atoms with Gasteiger partial charge >= 0.3 is 5.97 Å². The van der Waals surface area contributed by atoms with E-state index in [0.717, 1.165) is 5.56 Å². The zero-order valence-corrected chi connectivity index (χ0v) is 12.0. The zero-order valence-electron chi connectivity index (χ0n) is 12.0. The maximum absolute atomic E-state index is 11.9. The average molecular weight is 280 g/mol. The van der Waals surface area contributed by atoms with Gasteiger partial charge in [-0.15, -0.1) is 0 Å². The first kappa shape index (κ1) is 15.0. The van der Waals surface area contributed by atoms with Gasteiger partial charge in [0.15, 0.2) is 6.29 Å². The summed E-state index contributed by atoms with van der Waals surface area (Å²) >= 11 is 0. The van der Waals surface area contributed by atoms with Crippen LogP contribution in [0.5, 0.6) is 0 Å². The minimum Gasteiger partial charge on any atom is -0.459 e. The molecule has 1 fully saturated rings. The Kier molecular flexibility index (Phi) is 4.42. The Morgan fingerprint density at radius 3 is 2.65 bits per heavy atom. The van der Waals surface area contributed by atoms with Gasteiger partial charge in [0.25, 0.3) is 0 Å². The quantitative estimate of drug-likeness (QED) is 0.850. The van der Waals surface area contributed by atoms with Gasteiger partial charge in [-0.2, -0.15) is 0 Å². The van der Waals surface area contributed by atoms with Gasteiger partial charge in [-0.1, -0.05) is 17.7 Å². The van der Waals surface area contributed by atoms with Crippen LogP contribution in [0.4, 0.5) is 0 Å². The van der Waals surface area contributed by atoms with E-state index in [-0.39, 0.29) is 12.7 Å². The summed E-state index contributed by atoms with van der Waals surface area (Å²) in [4.78, 5) is 11.9. The van der Waals surface area contributed by atoms with Crippen molar-refractivity contribution in [2.45, 2.75) is 38.3 Å². The molecule has 5 heteroatoms. The van der Waals surface area contributed by atoms with Gasteiger partial charge in [-0.05, 0) is 26.0 Å². The maximum atomic E-state index is 11.9. The van der Waals surface area contributed by atoms with Gasteiger partial charge in [-0.25, -0.2) is 4.79 Å². The first-order chi connectivity index (χ1) is 9.42. The van der Waals surface area contributed by atoms with Gasteiger partial charge in [-0.3, -0.25) is 0 Å². The van der Waals surface area contributed by atoms with E-state index >= 15 is 0 Å². The number of hydrogen-bond acceptors (Lipinski definition) is 5. The third-order valence-electron chi connectivity index (χ3n) is 3.37. The molecule has 0 bridgehead atoms. The first-order valence-electron chi connectivity index (χ1n) is 6.57. The molecule has 1 unspecified atom stereocenters. The standard InChI is InChI=1S/C15H20O5/c1-10-4-6-11(7-5-10)13(16)19-9-12-8-15(2,17)14(18-3)20-12/h4-7,12,14,17H,8-9H2,1-3H3/t12-,14?,15+/m0/s1. The summed E-state index contributed by atoms with van der Waals surface area (Å²) in [5, 5.41) is 10.0.